The second-order valence-corrected chi connectivity index (χ2v) is 9.65. The number of hydrogen-bond donors (Lipinski definition) is 2. The molecule has 1 saturated heterocycles. The molecule has 2 N–H and O–H groups in total. The fourth-order valence-corrected chi connectivity index (χ4v) is 5.42. The van der Waals surface area contributed by atoms with E-state index >= 15 is 0 Å². The number of rotatable bonds is 8. The third-order valence-corrected chi connectivity index (χ3v) is 7.05. The number of likely N-dealkylation sites (tertiary alicyclic amines) is 1. The molecule has 0 aromatic heterocycles. The molecule has 3 aromatic carbocycles. The molecule has 190 valence electrons. The van der Waals surface area contributed by atoms with Crippen LogP contribution in [0.2, 0.25) is 0 Å². The van der Waals surface area contributed by atoms with E-state index in [9.17, 15) is 9.59 Å². The Morgan fingerprint density at radius 2 is 1.59 bits per heavy atom. The van der Waals surface area contributed by atoms with Crippen molar-refractivity contribution in [2.24, 2.45) is 11.8 Å². The van der Waals surface area contributed by atoms with Crippen LogP contribution in [0.15, 0.2) is 91.2 Å². The lowest BCUT2D eigenvalue weighted by atomic mass is 10.0. The lowest BCUT2D eigenvalue weighted by Gasteiger charge is -2.20. The summed E-state index contributed by atoms with van der Waals surface area (Å²) in [5.41, 5.74) is 3.94. The van der Waals surface area contributed by atoms with Crippen molar-refractivity contribution in [2.45, 2.75) is 25.5 Å². The van der Waals surface area contributed by atoms with Gasteiger partial charge in [-0.15, -0.1) is 0 Å². The molecule has 2 fully saturated rings. The summed E-state index contributed by atoms with van der Waals surface area (Å²) in [5, 5.41) is 11.6. The van der Waals surface area contributed by atoms with E-state index in [0.29, 0.717) is 17.6 Å². The highest BCUT2D eigenvalue weighted by atomic mass is 16.6. The molecule has 1 aliphatic heterocycles. The van der Waals surface area contributed by atoms with Crippen molar-refractivity contribution in [3.8, 4) is 16.9 Å². The van der Waals surface area contributed by atoms with Gasteiger partial charge in [0.05, 0.1) is 18.0 Å². The number of carboxylic acids is 1. The topological polar surface area (TPSA) is 88.1 Å². The summed E-state index contributed by atoms with van der Waals surface area (Å²) < 4.78 is 11.1. The maximum absolute atomic E-state index is 12.7. The molecule has 2 aliphatic rings. The lowest BCUT2D eigenvalue weighted by molar-refractivity contribution is -0.131. The van der Waals surface area contributed by atoms with Crippen LogP contribution in [0.1, 0.15) is 18.4 Å². The fraction of sp³-hybridized carbons (Fsp3) is 0.267. The van der Waals surface area contributed by atoms with Crippen LogP contribution >= 0.6 is 0 Å². The third kappa shape index (κ3) is 6.37. The average Bonchev–Trinajstić information content (AvgIpc) is 3.43. The van der Waals surface area contributed by atoms with Crippen molar-refractivity contribution in [1.82, 2.24) is 4.90 Å². The fourth-order valence-electron chi connectivity index (χ4n) is 5.42. The Balaban J connectivity index is 1.09. The summed E-state index contributed by atoms with van der Waals surface area (Å²) in [4.78, 5) is 25.7. The molecule has 0 spiro atoms. The molecule has 0 unspecified atom stereocenters. The molecule has 3 atom stereocenters. The van der Waals surface area contributed by atoms with Gasteiger partial charge in [-0.2, -0.15) is 0 Å². The number of anilines is 1. The predicted molar refractivity (Wildman–Crippen MR) is 141 cm³/mol. The van der Waals surface area contributed by atoms with Crippen LogP contribution in [-0.2, 0) is 16.1 Å². The largest absolute Gasteiger partial charge is 0.478 e. The summed E-state index contributed by atoms with van der Waals surface area (Å²) in [5.74, 6) is 0.610. The molecule has 3 aromatic rings. The maximum atomic E-state index is 12.7. The van der Waals surface area contributed by atoms with Crippen molar-refractivity contribution in [3.05, 3.63) is 96.8 Å². The van der Waals surface area contributed by atoms with E-state index < -0.39 is 12.1 Å². The molecule has 5 rings (SSSR count). The van der Waals surface area contributed by atoms with Crippen LogP contribution in [0.25, 0.3) is 11.1 Å². The van der Waals surface area contributed by atoms with Crippen molar-refractivity contribution in [3.63, 3.8) is 0 Å². The van der Waals surface area contributed by atoms with E-state index in [2.05, 4.69) is 10.2 Å². The highest BCUT2D eigenvalue weighted by Crippen LogP contribution is 2.40. The number of ether oxygens (including phenoxy) is 2. The molecule has 7 heteroatoms. The minimum Gasteiger partial charge on any atom is -0.478 e. The molecule has 1 heterocycles. The van der Waals surface area contributed by atoms with Crippen LogP contribution in [0.3, 0.4) is 0 Å². The van der Waals surface area contributed by atoms with Gasteiger partial charge in [0.25, 0.3) is 0 Å². The zero-order valence-corrected chi connectivity index (χ0v) is 20.5. The van der Waals surface area contributed by atoms with Gasteiger partial charge < -0.3 is 14.6 Å². The first-order chi connectivity index (χ1) is 18.0. The number of benzene rings is 3. The summed E-state index contributed by atoms with van der Waals surface area (Å²) in [7, 11) is 0. The number of nitrogens with one attached hydrogen (secondary N) is 1. The smallest absolute Gasteiger partial charge is 0.411 e. The van der Waals surface area contributed by atoms with Crippen LogP contribution < -0.4 is 10.1 Å². The predicted octanol–water partition coefficient (Wildman–Crippen LogP) is 5.79. The summed E-state index contributed by atoms with van der Waals surface area (Å²) in [6, 6.07) is 25.5. The van der Waals surface area contributed by atoms with Crippen LogP contribution in [0.4, 0.5) is 10.5 Å². The molecular weight excluding hydrogens is 468 g/mol. The third-order valence-electron chi connectivity index (χ3n) is 7.05. The number of carbonyl (C=O) groups is 2. The van der Waals surface area contributed by atoms with Gasteiger partial charge in [-0.05, 0) is 54.0 Å². The second-order valence-electron chi connectivity index (χ2n) is 9.65. The Hall–Kier alpha value is -4.10. The number of nitrogens with zero attached hydrogens (tertiary/aromatic N) is 1. The van der Waals surface area contributed by atoms with E-state index in [4.69, 9.17) is 14.6 Å². The molecule has 37 heavy (non-hydrogen) atoms. The van der Waals surface area contributed by atoms with E-state index in [1.807, 2.05) is 78.9 Å². The SMILES string of the molecule is O=C(O)/C=C/Oc1ccc(CN2C[C@H]3C[C@H](OC(=O)Nc4ccccc4-c4ccccc4)C[C@H]3C2)cc1. The first-order valence-electron chi connectivity index (χ1n) is 12.5. The van der Waals surface area contributed by atoms with Gasteiger partial charge >= 0.3 is 12.1 Å². The number of carbonyl (C=O) groups excluding carboxylic acids is 1. The van der Waals surface area contributed by atoms with E-state index in [-0.39, 0.29) is 6.10 Å². The molecule has 1 aliphatic carbocycles. The van der Waals surface area contributed by atoms with Gasteiger partial charge in [0.1, 0.15) is 11.9 Å². The first kappa shape index (κ1) is 24.6. The maximum Gasteiger partial charge on any atom is 0.411 e. The normalized spacial score (nSPS) is 21.0. The van der Waals surface area contributed by atoms with Crippen molar-refractivity contribution in [1.29, 1.82) is 0 Å². The Morgan fingerprint density at radius 1 is 0.919 bits per heavy atom. The van der Waals surface area contributed by atoms with Crippen LogP contribution in [-0.4, -0.2) is 41.3 Å². The van der Waals surface area contributed by atoms with Crippen LogP contribution in [0, 0.1) is 11.8 Å². The Kier molecular flexibility index (Phi) is 7.51. The summed E-state index contributed by atoms with van der Waals surface area (Å²) in [6.45, 7) is 2.83. The van der Waals surface area contributed by atoms with Gasteiger partial charge in [-0.25, -0.2) is 9.59 Å². The van der Waals surface area contributed by atoms with E-state index in [0.717, 1.165) is 55.4 Å². The van der Waals surface area contributed by atoms with Crippen molar-refractivity contribution < 1.29 is 24.2 Å². The Labute approximate surface area is 216 Å². The number of fused-ring (bicyclic) bond motifs is 1. The van der Waals surface area contributed by atoms with Gasteiger partial charge in [0.15, 0.2) is 0 Å². The van der Waals surface area contributed by atoms with Gasteiger partial charge in [-0.1, -0.05) is 60.7 Å². The van der Waals surface area contributed by atoms with E-state index in [1.54, 1.807) is 0 Å². The highest BCUT2D eigenvalue weighted by Gasteiger charge is 2.42. The minimum atomic E-state index is -1.04. The van der Waals surface area contributed by atoms with Gasteiger partial charge in [0.2, 0.25) is 0 Å². The number of carboxylic acid groups (broad SMARTS) is 1. The molecule has 7 nitrogen and oxygen atoms in total. The lowest BCUT2D eigenvalue weighted by Crippen LogP contribution is -2.25. The van der Waals surface area contributed by atoms with Crippen molar-refractivity contribution >= 4 is 17.7 Å². The second kappa shape index (κ2) is 11.3. The number of amides is 1. The standard InChI is InChI=1S/C30H30N2O5/c33-29(34)14-15-36-25-12-10-21(11-13-25)18-32-19-23-16-26(17-24(23)20-32)37-30(35)31-28-9-5-4-8-27(28)22-6-2-1-3-7-22/h1-15,23-24,26H,16-20H2,(H,31,35)(H,33,34)/b15-14+/t23-,24+,26+. The molecule has 0 bridgehead atoms. The first-order valence-corrected chi connectivity index (χ1v) is 12.5. The minimum absolute atomic E-state index is 0.0590. The Bertz CT molecular complexity index is 1240. The molecule has 0 radical (unpaired) electrons. The zero-order chi connectivity index (χ0) is 25.6. The van der Waals surface area contributed by atoms with Gasteiger partial charge in [-0.3, -0.25) is 10.2 Å². The summed E-state index contributed by atoms with van der Waals surface area (Å²) >= 11 is 0. The molecular formula is C30H30N2O5. The highest BCUT2D eigenvalue weighted by molar-refractivity contribution is 5.91. The van der Waals surface area contributed by atoms with E-state index in [1.165, 1.54) is 11.8 Å². The molecule has 1 amide bonds. The zero-order valence-electron chi connectivity index (χ0n) is 20.5. The van der Waals surface area contributed by atoms with Crippen molar-refractivity contribution in [2.75, 3.05) is 18.4 Å². The summed E-state index contributed by atoms with van der Waals surface area (Å²) in [6.07, 6.45) is 3.44. The average molecular weight is 499 g/mol. The Morgan fingerprint density at radius 3 is 2.30 bits per heavy atom. The number of para-hydroxylation sites is 1. The monoisotopic (exact) mass is 498 g/mol. The molecule has 1 saturated carbocycles. The van der Waals surface area contributed by atoms with Gasteiger partial charge in [0, 0.05) is 25.2 Å². The van der Waals surface area contributed by atoms with Crippen LogP contribution in [0.5, 0.6) is 5.75 Å². The number of aliphatic carboxylic acids is 1. The quantitative estimate of drug-likeness (QED) is 0.302. The number of hydrogen-bond acceptors (Lipinski definition) is 5.